The van der Waals surface area contributed by atoms with Crippen molar-refractivity contribution in [3.63, 3.8) is 0 Å². The van der Waals surface area contributed by atoms with Crippen LogP contribution >= 0.6 is 0 Å². The fourth-order valence-corrected chi connectivity index (χ4v) is 26.2. The van der Waals surface area contributed by atoms with Crippen molar-refractivity contribution in [1.29, 1.82) is 10.5 Å². The Bertz CT molecular complexity index is 5200. The van der Waals surface area contributed by atoms with Gasteiger partial charge in [-0.15, -0.1) is 0 Å². The topological polar surface area (TPSA) is 503 Å². The van der Waals surface area contributed by atoms with E-state index in [-0.39, 0.29) is 150 Å². The molecule has 0 spiro atoms. The van der Waals surface area contributed by atoms with Gasteiger partial charge in [0.05, 0.1) is 115 Å². The highest BCUT2D eigenvalue weighted by atomic mass is 16.6. The molecule has 19 aliphatic rings. The number of hydrogen-bond acceptors (Lipinski definition) is 36. The molecule has 4 heterocycles. The summed E-state index contributed by atoms with van der Waals surface area (Å²) in [5.41, 5.74) is 1.93. The summed E-state index contributed by atoms with van der Waals surface area (Å²) in [5, 5.41) is 17.4. The number of carbonyl (C=O) groups excluding carboxylic acids is 17. The third-order valence-electron chi connectivity index (χ3n) is 32.9. The Morgan fingerprint density at radius 2 is 0.782 bits per heavy atom. The van der Waals surface area contributed by atoms with E-state index in [1.807, 2.05) is 6.92 Å². The van der Waals surface area contributed by atoms with Crippen molar-refractivity contribution in [2.45, 2.75) is 245 Å². The van der Waals surface area contributed by atoms with Crippen LogP contribution in [0.4, 0.5) is 0 Å². The third kappa shape index (κ3) is 26.1. The van der Waals surface area contributed by atoms with Gasteiger partial charge in [0, 0.05) is 104 Å². The molecule has 4 aliphatic heterocycles. The van der Waals surface area contributed by atoms with E-state index in [1.165, 1.54) is 121 Å². The second kappa shape index (κ2) is 51.2. The Labute approximate surface area is 857 Å². The first kappa shape index (κ1) is 116. The highest BCUT2D eigenvalue weighted by Gasteiger charge is 2.74. The highest BCUT2D eigenvalue weighted by Crippen LogP contribution is 2.64. The molecule has 0 aromatic carbocycles. The Morgan fingerprint density at radius 1 is 0.401 bits per heavy atom. The van der Waals surface area contributed by atoms with E-state index >= 15 is 0 Å². The Hall–Kier alpha value is -12.9. The summed E-state index contributed by atoms with van der Waals surface area (Å²) in [6.45, 7) is 51.0. The van der Waals surface area contributed by atoms with Crippen LogP contribution in [0, 0.1) is 190 Å². The van der Waals surface area contributed by atoms with E-state index in [9.17, 15) is 81.5 Å². The van der Waals surface area contributed by atoms with Crippen molar-refractivity contribution in [2.24, 2.45) is 154 Å². The quantitative estimate of drug-likeness (QED) is 0.0375. The highest BCUT2D eigenvalue weighted by molar-refractivity contribution is 5.93. The first-order chi connectivity index (χ1) is 69.7. The maximum absolute atomic E-state index is 13.1. The van der Waals surface area contributed by atoms with Crippen molar-refractivity contribution in [1.82, 2.24) is 0 Å². The van der Waals surface area contributed by atoms with Gasteiger partial charge in [0.2, 0.25) is 12.6 Å². The van der Waals surface area contributed by atoms with E-state index in [4.69, 9.17) is 90.0 Å². The first-order valence-corrected chi connectivity index (χ1v) is 50.4. The Kier molecular flexibility index (Phi) is 40.4. The predicted octanol–water partition coefficient (Wildman–Crippen LogP) is 12.0. The molecule has 19 fully saturated rings. The maximum atomic E-state index is 13.1. The smallest absolute Gasteiger partial charge is 0.344 e. The van der Waals surface area contributed by atoms with Crippen molar-refractivity contribution >= 4 is 101 Å². The molecule has 15 saturated carbocycles. The molecule has 4 saturated heterocycles. The zero-order valence-electron chi connectivity index (χ0n) is 86.4. The van der Waals surface area contributed by atoms with Gasteiger partial charge in [-0.2, -0.15) is 10.5 Å². The van der Waals surface area contributed by atoms with E-state index in [0.29, 0.717) is 64.9 Å². The normalized spacial score (nSPS) is 34.5. The summed E-state index contributed by atoms with van der Waals surface area (Å²) in [7, 11) is 7.83. The number of nitriles is 2. The van der Waals surface area contributed by atoms with Crippen molar-refractivity contribution < 1.29 is 162 Å². The van der Waals surface area contributed by atoms with Crippen LogP contribution < -0.4 is 0 Å². The number of nitrogens with zero attached hydrogens (tertiary/aromatic N) is 4. The molecule has 0 radical (unpaired) electrons. The molecule has 0 amide bonds. The van der Waals surface area contributed by atoms with Crippen molar-refractivity contribution in [3.05, 3.63) is 108 Å². The molecule has 19 rings (SSSR count). The van der Waals surface area contributed by atoms with Crippen LogP contribution in [0.15, 0.2) is 85.1 Å². The summed E-state index contributed by atoms with van der Waals surface area (Å²) in [6, 6.07) is 4.72. The third-order valence-corrected chi connectivity index (χ3v) is 32.9. The molecule has 0 aromatic rings. The van der Waals surface area contributed by atoms with Crippen molar-refractivity contribution in [2.75, 3.05) is 69.0 Å². The molecule has 147 heavy (non-hydrogen) atoms. The minimum Gasteiger partial charge on any atom is -0.469 e. The average Bonchev–Trinajstić information content (AvgIpc) is 1.57. The van der Waals surface area contributed by atoms with Gasteiger partial charge in [-0.1, -0.05) is 65.8 Å². The zero-order valence-corrected chi connectivity index (χ0v) is 86.4. The summed E-state index contributed by atoms with van der Waals surface area (Å²) >= 11 is 0. The van der Waals surface area contributed by atoms with Gasteiger partial charge < -0.3 is 90.2 Å². The summed E-state index contributed by atoms with van der Waals surface area (Å²) in [4.78, 5) is 205. The monoisotopic (exact) mass is 2050 g/mol. The zero-order chi connectivity index (χ0) is 109. The molecular weight excluding hydrogens is 1910 g/mol. The lowest BCUT2D eigenvalue weighted by Crippen LogP contribution is -2.45. The number of methoxy groups -OCH3 is 6. The second-order valence-corrected chi connectivity index (χ2v) is 42.0. The Balaban J connectivity index is 0.000000174. The van der Waals surface area contributed by atoms with E-state index in [2.05, 4.69) is 82.1 Å². The van der Waals surface area contributed by atoms with Gasteiger partial charge in [-0.3, -0.25) is 43.2 Å². The molecule has 0 aromatic heterocycles. The van der Waals surface area contributed by atoms with Crippen LogP contribution in [0.3, 0.4) is 0 Å². The van der Waals surface area contributed by atoms with Crippen molar-refractivity contribution in [3.8, 4) is 12.1 Å². The fraction of sp³-hybridized carbons (Fsp3) is 0.679. The van der Waals surface area contributed by atoms with E-state index in [1.54, 1.807) is 34.6 Å². The van der Waals surface area contributed by atoms with E-state index in [0.717, 1.165) is 81.1 Å². The van der Waals surface area contributed by atoms with Crippen LogP contribution in [-0.4, -0.2) is 225 Å². The van der Waals surface area contributed by atoms with Gasteiger partial charge in [-0.25, -0.2) is 51.5 Å². The average molecular weight is 2050 g/mol. The largest absolute Gasteiger partial charge is 0.469 e. The van der Waals surface area contributed by atoms with Crippen LogP contribution in [0.2, 0.25) is 0 Å². The number of fused-ring (bicyclic) bond motifs is 10. The Morgan fingerprint density at radius 3 is 1.14 bits per heavy atom. The SMILES string of the molecule is C=C(C)C(=O)OC.C=C(C)C(=O)OC.C=C(C)C(=O)OC.C=C(C)C(=O)OC1C2CC3C1OC(=O)C3C2C(=O)OC1(CC)CCCC1.C=C(C)C(=O)OCC(=O)OC1C2CC3C1OC(=O)C3C2C(=O)OC.C=C(C)C(=O)OCC1C2CC3C1OC(=O)C3C2C(=O)OC.C=C(C)C(=O)OCCC(=O)OC1C2CC3C1OC(=O)C3C2C(=O)OC.N#CC1CC2CCC1C2.[C-]#[N+]C1C2CCC(C2)C1C#N.[C-]#[N+]CC1CC2CCC1C2. The molecule has 34 unspecified atom stereocenters. The molecule has 0 N–H and O–H groups in total. The molecule has 15 aliphatic carbocycles. The number of rotatable bonds is 24. The number of ether oxygens (including phenoxy) is 17. The molecule has 38 nitrogen and oxygen atoms in total. The summed E-state index contributed by atoms with van der Waals surface area (Å²) in [5.74, 6) is -7.27. The number of hydrogen-bond donors (Lipinski definition) is 0. The summed E-state index contributed by atoms with van der Waals surface area (Å²) in [6.07, 6.45) is 17.9. The lowest BCUT2D eigenvalue weighted by atomic mass is 9.74. The molecule has 34 atom stereocenters. The lowest BCUT2D eigenvalue weighted by molar-refractivity contribution is -0.174. The molecule has 14 bridgehead atoms. The van der Waals surface area contributed by atoms with Crippen LogP contribution in [0.5, 0.6) is 0 Å². The number of carbonyl (C=O) groups is 17. The first-order valence-electron chi connectivity index (χ1n) is 50.4. The maximum Gasteiger partial charge on any atom is 0.344 e. The molecular formula is C109H140N4O34. The lowest BCUT2D eigenvalue weighted by Gasteiger charge is -2.34. The molecule has 800 valence electrons. The molecule has 38 heteroatoms. The van der Waals surface area contributed by atoms with Gasteiger partial charge in [0.1, 0.15) is 60.9 Å². The van der Waals surface area contributed by atoms with Crippen LogP contribution in [0.25, 0.3) is 9.69 Å². The standard InChI is InChI=1S/C20H26O6.C17H20O8.C16H18O8.C15H18O6.C9H10N2.C9H13N.C8H11N.3C5H8O2/c1-4-20(7-5-6-8-20)26-19(23)14-12-9-11-13(14)18(22)25-16(11)15(12)24-17(21)10(2)3;1-7(2)15(19)23-5-4-10(18)24-13-8-6-9-12(11(8)16(20)22-3)17(21)25-14(9)13;1-6(2)14(18)22-5-9(17)23-12-7-4-8-11(10(7)15(19)21-3)16(20)24-13(8)12;1-6(2)13(16)20-5-9-7-4-8-11(10(7)14(17)19-3)15(18)21-12(8)9;1-11-9-7-3-2-6(4-7)8(9)5-10;1-10-6-9-5-7-2-3-8(9)4-7;9-5-8-4-6-1-2-7(8)3-6;3*1-4(2)5(6)7-3/h11-16H,2,4-9H2,1,3H3;8-9,11-14H,1,4-6H2,2-3H3;7-8,10-13H,1,4-5H2,2-3H3;7-12H,1,4-5H2,2-3H3;6-9H,2-4H2;7-9H,2-6H2;6-8H,1-4H2;3*1H2,2-3H3. The number of esters is 17. The minimum absolute atomic E-state index is 0.0261. The van der Waals surface area contributed by atoms with Crippen LogP contribution in [0.1, 0.15) is 190 Å². The van der Waals surface area contributed by atoms with Crippen LogP contribution in [-0.2, 0) is 162 Å². The van der Waals surface area contributed by atoms with Gasteiger partial charge in [-0.05, 0) is 200 Å². The fourth-order valence-electron chi connectivity index (χ4n) is 26.2. The van der Waals surface area contributed by atoms with Gasteiger partial charge in [0.15, 0.2) is 6.61 Å². The second-order valence-electron chi connectivity index (χ2n) is 42.0. The summed E-state index contributed by atoms with van der Waals surface area (Å²) < 4.78 is 85.9. The predicted molar refractivity (Wildman–Crippen MR) is 513 cm³/mol. The van der Waals surface area contributed by atoms with Gasteiger partial charge in [0.25, 0.3) is 0 Å². The van der Waals surface area contributed by atoms with Gasteiger partial charge >= 0.3 is 101 Å². The van der Waals surface area contributed by atoms with E-state index < -0.39 is 150 Å². The minimum atomic E-state index is -0.759.